The Morgan fingerprint density at radius 1 is 1.06 bits per heavy atom. The maximum Gasteiger partial charge on any atom is 0.337 e. The highest BCUT2D eigenvalue weighted by molar-refractivity contribution is 6.04. The van der Waals surface area contributed by atoms with Crippen molar-refractivity contribution in [2.24, 2.45) is 0 Å². The van der Waals surface area contributed by atoms with E-state index in [2.05, 4.69) is 5.32 Å². The monoisotopic (exact) mass is 493 g/mol. The summed E-state index contributed by atoms with van der Waals surface area (Å²) < 4.78 is 30.2. The molecule has 6 nitrogen and oxygen atoms in total. The van der Waals surface area contributed by atoms with Gasteiger partial charge in [-0.2, -0.15) is 0 Å². The van der Waals surface area contributed by atoms with Crippen LogP contribution >= 0.6 is 0 Å². The molecule has 1 aliphatic heterocycles. The van der Waals surface area contributed by atoms with Crippen molar-refractivity contribution in [1.29, 1.82) is 0 Å². The van der Waals surface area contributed by atoms with Gasteiger partial charge in [-0.1, -0.05) is 25.1 Å². The van der Waals surface area contributed by atoms with E-state index in [0.717, 1.165) is 11.3 Å². The number of ketones is 1. The fourth-order valence-electron chi connectivity index (χ4n) is 4.97. The second-order valence-electron chi connectivity index (χ2n) is 9.31. The summed E-state index contributed by atoms with van der Waals surface area (Å²) in [6.07, 6.45) is 1.27. The number of halogens is 1. The molecule has 0 unspecified atom stereocenters. The van der Waals surface area contributed by atoms with Crippen LogP contribution in [0, 0.1) is 5.82 Å². The number of hydrogen-bond acceptors (Lipinski definition) is 6. The molecular formula is C29H32FNO5. The third kappa shape index (κ3) is 4.87. The average Bonchev–Trinajstić information content (AvgIpc) is 2.87. The molecule has 2 aromatic carbocycles. The lowest BCUT2D eigenvalue weighted by Crippen LogP contribution is -2.36. The van der Waals surface area contributed by atoms with Gasteiger partial charge in [0.2, 0.25) is 0 Å². The number of nitrogens with one attached hydrogen (secondary N) is 1. The molecule has 0 saturated carbocycles. The van der Waals surface area contributed by atoms with Crippen LogP contribution in [-0.2, 0) is 14.3 Å². The molecule has 3 atom stereocenters. The van der Waals surface area contributed by atoms with E-state index in [0.29, 0.717) is 46.7 Å². The van der Waals surface area contributed by atoms with Crippen molar-refractivity contribution in [2.75, 3.05) is 14.2 Å². The third-order valence-electron chi connectivity index (χ3n) is 7.01. The number of carbonyl (C=O) groups excluding carboxylic acids is 2. The van der Waals surface area contributed by atoms with Crippen LogP contribution in [0.5, 0.6) is 11.5 Å². The smallest absolute Gasteiger partial charge is 0.337 e. The summed E-state index contributed by atoms with van der Waals surface area (Å²) in [6, 6.07) is 11.7. The lowest BCUT2D eigenvalue weighted by atomic mass is 9.71. The summed E-state index contributed by atoms with van der Waals surface area (Å²) in [5.41, 5.74) is 3.99. The zero-order valence-corrected chi connectivity index (χ0v) is 21.3. The fraction of sp³-hybridized carbons (Fsp3) is 0.379. The minimum Gasteiger partial charge on any atom is -0.493 e. The molecule has 0 saturated heterocycles. The van der Waals surface area contributed by atoms with E-state index >= 15 is 0 Å². The summed E-state index contributed by atoms with van der Waals surface area (Å²) in [7, 11) is 3.16. The van der Waals surface area contributed by atoms with Crippen molar-refractivity contribution in [3.8, 4) is 11.5 Å². The van der Waals surface area contributed by atoms with E-state index in [1.165, 1.54) is 12.1 Å². The van der Waals surface area contributed by atoms with Crippen LogP contribution < -0.4 is 14.8 Å². The van der Waals surface area contributed by atoms with Crippen LogP contribution in [-0.4, -0.2) is 32.1 Å². The molecule has 2 aliphatic rings. The van der Waals surface area contributed by atoms with Crippen LogP contribution in [0.2, 0.25) is 0 Å². The highest BCUT2D eigenvalue weighted by Crippen LogP contribution is 2.46. The Labute approximate surface area is 211 Å². The normalized spacial score (nSPS) is 20.4. The molecule has 7 heteroatoms. The maximum atomic E-state index is 13.8. The molecular weight excluding hydrogens is 461 g/mol. The molecule has 0 bridgehead atoms. The predicted octanol–water partition coefficient (Wildman–Crippen LogP) is 5.55. The topological polar surface area (TPSA) is 73.9 Å². The highest BCUT2D eigenvalue weighted by Gasteiger charge is 2.41. The molecule has 2 aromatic rings. The van der Waals surface area contributed by atoms with Crippen LogP contribution in [0.4, 0.5) is 4.39 Å². The molecule has 0 amide bonds. The quantitative estimate of drug-likeness (QED) is 0.510. The first-order valence-corrected chi connectivity index (χ1v) is 12.2. The van der Waals surface area contributed by atoms with Gasteiger partial charge < -0.3 is 19.5 Å². The van der Waals surface area contributed by atoms with Crippen LogP contribution in [0.15, 0.2) is 65.0 Å². The largest absolute Gasteiger partial charge is 0.493 e. The molecule has 36 heavy (non-hydrogen) atoms. The highest BCUT2D eigenvalue weighted by atomic mass is 19.1. The number of benzene rings is 2. The molecule has 0 radical (unpaired) electrons. The van der Waals surface area contributed by atoms with E-state index in [4.69, 9.17) is 14.2 Å². The lowest BCUT2D eigenvalue weighted by Gasteiger charge is -2.37. The number of methoxy groups -OCH3 is 2. The second-order valence-corrected chi connectivity index (χ2v) is 9.31. The van der Waals surface area contributed by atoms with Crippen molar-refractivity contribution in [3.63, 3.8) is 0 Å². The van der Waals surface area contributed by atoms with Gasteiger partial charge >= 0.3 is 5.97 Å². The molecule has 0 aromatic heterocycles. The van der Waals surface area contributed by atoms with Gasteiger partial charge in [-0.05, 0) is 68.0 Å². The SMILES string of the molecule is CC[C@@H](C)OC(=O)C1=C(C)NC2=C(C(=O)C[C@@H](c3ccc(OC)c(OC)c3)C2)[C@H]1c1ccc(F)cc1. The van der Waals surface area contributed by atoms with Crippen molar-refractivity contribution in [2.45, 2.75) is 58.0 Å². The Bertz CT molecular complexity index is 1230. The van der Waals surface area contributed by atoms with Gasteiger partial charge in [-0.25, -0.2) is 9.18 Å². The molecule has 1 heterocycles. The summed E-state index contributed by atoms with van der Waals surface area (Å²) in [5, 5.41) is 3.34. The zero-order valence-electron chi connectivity index (χ0n) is 21.3. The van der Waals surface area contributed by atoms with Crippen molar-refractivity contribution < 1.29 is 28.2 Å². The molecule has 4 rings (SSSR count). The standard InChI is InChI=1S/C29H32FNO5/c1-6-16(2)36-29(33)26-17(3)31-22-13-20(19-9-12-24(34-4)25(15-19)35-5)14-23(32)28(22)27(26)18-7-10-21(30)11-8-18/h7-12,15-16,20,27,31H,6,13-14H2,1-5H3/t16-,20+,27+/m1/s1. The number of dihydropyridines is 1. The van der Waals surface area contributed by atoms with E-state index in [1.54, 1.807) is 26.4 Å². The molecule has 190 valence electrons. The molecule has 0 fully saturated rings. The summed E-state index contributed by atoms with van der Waals surface area (Å²) in [5.74, 6) is -0.372. The van der Waals surface area contributed by atoms with Crippen molar-refractivity contribution in [1.82, 2.24) is 5.32 Å². The Hall–Kier alpha value is -3.61. The number of Topliss-reactive ketones (excluding diaryl/α,β-unsaturated/α-hetero) is 1. The van der Waals surface area contributed by atoms with Crippen molar-refractivity contribution in [3.05, 3.63) is 81.9 Å². The van der Waals surface area contributed by atoms with E-state index in [1.807, 2.05) is 39.0 Å². The predicted molar refractivity (Wildman–Crippen MR) is 134 cm³/mol. The van der Waals surface area contributed by atoms with Crippen LogP contribution in [0.3, 0.4) is 0 Å². The first-order valence-electron chi connectivity index (χ1n) is 12.2. The molecule has 1 N–H and O–H groups in total. The number of esters is 1. The Balaban J connectivity index is 1.76. The number of hydrogen-bond donors (Lipinski definition) is 1. The number of allylic oxidation sites excluding steroid dienone is 3. The number of carbonyl (C=O) groups is 2. The van der Waals surface area contributed by atoms with E-state index in [9.17, 15) is 14.0 Å². The maximum absolute atomic E-state index is 13.8. The van der Waals surface area contributed by atoms with Gasteiger partial charge in [0.25, 0.3) is 0 Å². The third-order valence-corrected chi connectivity index (χ3v) is 7.01. The van der Waals surface area contributed by atoms with Crippen LogP contribution in [0.25, 0.3) is 0 Å². The summed E-state index contributed by atoms with van der Waals surface area (Å²) in [6.45, 7) is 5.59. The van der Waals surface area contributed by atoms with Gasteiger partial charge in [-0.3, -0.25) is 4.79 Å². The summed E-state index contributed by atoms with van der Waals surface area (Å²) in [4.78, 5) is 27.0. The van der Waals surface area contributed by atoms with E-state index in [-0.39, 0.29) is 30.0 Å². The van der Waals surface area contributed by atoms with Gasteiger partial charge in [0.15, 0.2) is 17.3 Å². The number of ether oxygens (including phenoxy) is 3. The Morgan fingerprint density at radius 2 is 1.72 bits per heavy atom. The van der Waals surface area contributed by atoms with Gasteiger partial charge in [-0.15, -0.1) is 0 Å². The molecule has 1 aliphatic carbocycles. The van der Waals surface area contributed by atoms with Crippen molar-refractivity contribution >= 4 is 11.8 Å². The number of rotatable bonds is 7. The van der Waals surface area contributed by atoms with Gasteiger partial charge in [0.1, 0.15) is 5.82 Å². The summed E-state index contributed by atoms with van der Waals surface area (Å²) >= 11 is 0. The minimum absolute atomic E-state index is 0.0563. The minimum atomic E-state index is -0.628. The Kier molecular flexibility index (Phi) is 7.48. The molecule has 0 spiro atoms. The zero-order chi connectivity index (χ0) is 26.0. The first-order chi connectivity index (χ1) is 17.3. The second kappa shape index (κ2) is 10.6. The Morgan fingerprint density at radius 3 is 2.36 bits per heavy atom. The lowest BCUT2D eigenvalue weighted by molar-refractivity contribution is -0.144. The first kappa shape index (κ1) is 25.5. The van der Waals surface area contributed by atoms with E-state index < -0.39 is 11.9 Å². The fourth-order valence-corrected chi connectivity index (χ4v) is 4.97. The average molecular weight is 494 g/mol. The van der Waals surface area contributed by atoms with Gasteiger partial charge in [0, 0.05) is 29.3 Å². The van der Waals surface area contributed by atoms with Crippen LogP contribution in [0.1, 0.15) is 63.0 Å². The van der Waals surface area contributed by atoms with Gasteiger partial charge in [0.05, 0.1) is 25.9 Å².